The molecule has 25 heavy (non-hydrogen) atoms. The van der Waals surface area contributed by atoms with Gasteiger partial charge in [-0.3, -0.25) is 4.79 Å². The predicted molar refractivity (Wildman–Crippen MR) is 97.4 cm³/mol. The highest BCUT2D eigenvalue weighted by molar-refractivity contribution is 7.91. The second-order valence-corrected chi connectivity index (χ2v) is 9.77. The molecular formula is C15H24N4O4S2. The van der Waals surface area contributed by atoms with Crippen molar-refractivity contribution in [2.75, 3.05) is 16.8 Å². The number of urea groups is 1. The minimum Gasteiger partial charge on any atom is -0.334 e. The summed E-state index contributed by atoms with van der Waals surface area (Å²) in [5.41, 5.74) is 0.814. The van der Waals surface area contributed by atoms with Gasteiger partial charge in [-0.25, -0.2) is 18.2 Å². The normalized spacial score (nSPS) is 20.2. The molecule has 10 heteroatoms. The lowest BCUT2D eigenvalue weighted by Gasteiger charge is -2.21. The molecule has 1 saturated heterocycles. The first-order chi connectivity index (χ1) is 11.6. The van der Waals surface area contributed by atoms with Gasteiger partial charge in [0, 0.05) is 11.4 Å². The molecule has 1 aromatic heterocycles. The number of amides is 3. The summed E-state index contributed by atoms with van der Waals surface area (Å²) in [6, 6.07) is -1.66. The number of aromatic nitrogens is 1. The summed E-state index contributed by atoms with van der Waals surface area (Å²) in [6.07, 6.45) is 0.863. The van der Waals surface area contributed by atoms with E-state index in [1.807, 2.05) is 26.2 Å². The summed E-state index contributed by atoms with van der Waals surface area (Å²) in [5.74, 6) is -0.116. The number of hydrogen-bond donors (Lipinski definition) is 3. The second kappa shape index (κ2) is 8.13. The van der Waals surface area contributed by atoms with Crippen LogP contribution in [0.15, 0.2) is 5.38 Å². The number of rotatable bonds is 6. The molecule has 1 aliphatic heterocycles. The van der Waals surface area contributed by atoms with Gasteiger partial charge < -0.3 is 16.0 Å². The number of aryl methyl sites for hydroxylation is 1. The summed E-state index contributed by atoms with van der Waals surface area (Å²) >= 11 is 1.32. The van der Waals surface area contributed by atoms with Gasteiger partial charge in [-0.05, 0) is 25.7 Å². The van der Waals surface area contributed by atoms with E-state index in [1.165, 1.54) is 11.3 Å². The SMILES string of the molecule is Cc1csc(NC(=O)[C@H](CC(C)C)NC(=O)N[C@@H]2CCS(=O)(=O)C2)n1. The quantitative estimate of drug-likeness (QED) is 0.679. The zero-order chi connectivity index (χ0) is 18.6. The summed E-state index contributed by atoms with van der Waals surface area (Å²) in [7, 11) is -3.07. The molecular weight excluding hydrogens is 364 g/mol. The van der Waals surface area contributed by atoms with Crippen LogP contribution in [-0.2, 0) is 14.6 Å². The Morgan fingerprint density at radius 1 is 1.40 bits per heavy atom. The second-order valence-electron chi connectivity index (χ2n) is 6.68. The number of sulfone groups is 1. The maximum atomic E-state index is 12.5. The maximum absolute atomic E-state index is 12.5. The molecule has 1 aromatic rings. The molecule has 1 fully saturated rings. The number of thiazole rings is 1. The average Bonchev–Trinajstić information content (AvgIpc) is 3.03. The lowest BCUT2D eigenvalue weighted by Crippen LogP contribution is -2.51. The molecule has 0 unspecified atom stereocenters. The first-order valence-corrected chi connectivity index (χ1v) is 10.8. The Morgan fingerprint density at radius 3 is 2.64 bits per heavy atom. The zero-order valence-electron chi connectivity index (χ0n) is 14.5. The Morgan fingerprint density at radius 2 is 2.12 bits per heavy atom. The molecule has 0 aliphatic carbocycles. The lowest BCUT2D eigenvalue weighted by molar-refractivity contribution is -0.118. The van der Waals surface area contributed by atoms with Crippen LogP contribution in [0.1, 0.15) is 32.4 Å². The third kappa shape index (κ3) is 6.28. The molecule has 8 nitrogen and oxygen atoms in total. The Bertz CT molecular complexity index is 730. The first-order valence-electron chi connectivity index (χ1n) is 8.15. The van der Waals surface area contributed by atoms with Gasteiger partial charge in [0.1, 0.15) is 6.04 Å². The zero-order valence-corrected chi connectivity index (χ0v) is 16.2. The summed E-state index contributed by atoms with van der Waals surface area (Å²) in [6.45, 7) is 5.74. The van der Waals surface area contributed by atoms with E-state index in [9.17, 15) is 18.0 Å². The number of anilines is 1. The van der Waals surface area contributed by atoms with Crippen molar-refractivity contribution in [1.29, 1.82) is 0 Å². The van der Waals surface area contributed by atoms with Crippen LogP contribution in [0.2, 0.25) is 0 Å². The van der Waals surface area contributed by atoms with Crippen LogP contribution in [0.5, 0.6) is 0 Å². The molecule has 0 saturated carbocycles. The summed E-state index contributed by atoms with van der Waals surface area (Å²) in [5, 5.41) is 10.3. The molecule has 0 radical (unpaired) electrons. The van der Waals surface area contributed by atoms with E-state index < -0.39 is 28.0 Å². The van der Waals surface area contributed by atoms with Crippen LogP contribution < -0.4 is 16.0 Å². The number of hydrogen-bond acceptors (Lipinski definition) is 6. The van der Waals surface area contributed by atoms with Crippen molar-refractivity contribution < 1.29 is 18.0 Å². The van der Waals surface area contributed by atoms with Crippen LogP contribution in [0.4, 0.5) is 9.93 Å². The van der Waals surface area contributed by atoms with Crippen molar-refractivity contribution in [3.63, 3.8) is 0 Å². The third-order valence-corrected chi connectivity index (χ3v) is 6.39. The molecule has 0 spiro atoms. The van der Waals surface area contributed by atoms with Crippen molar-refractivity contribution in [2.24, 2.45) is 5.92 Å². The first kappa shape index (κ1) is 19.6. The third-order valence-electron chi connectivity index (χ3n) is 3.75. The minimum atomic E-state index is -3.07. The van der Waals surface area contributed by atoms with Crippen molar-refractivity contribution in [3.8, 4) is 0 Å². The van der Waals surface area contributed by atoms with E-state index in [0.717, 1.165) is 5.69 Å². The van der Waals surface area contributed by atoms with E-state index in [0.29, 0.717) is 18.0 Å². The van der Waals surface area contributed by atoms with Gasteiger partial charge >= 0.3 is 6.03 Å². The fourth-order valence-corrected chi connectivity index (χ4v) is 4.97. The monoisotopic (exact) mass is 388 g/mol. The highest BCUT2D eigenvalue weighted by Gasteiger charge is 2.30. The largest absolute Gasteiger partial charge is 0.334 e. The topological polar surface area (TPSA) is 117 Å². The fraction of sp³-hybridized carbons (Fsp3) is 0.667. The van der Waals surface area contributed by atoms with Crippen LogP contribution in [-0.4, -0.2) is 48.9 Å². The van der Waals surface area contributed by atoms with Crippen LogP contribution in [0, 0.1) is 12.8 Å². The van der Waals surface area contributed by atoms with Crippen LogP contribution in [0.3, 0.4) is 0 Å². The van der Waals surface area contributed by atoms with Gasteiger partial charge in [0.25, 0.3) is 0 Å². The van der Waals surface area contributed by atoms with E-state index in [4.69, 9.17) is 0 Å². The predicted octanol–water partition coefficient (Wildman–Crippen LogP) is 1.29. The Hall–Kier alpha value is -1.68. The molecule has 1 aliphatic rings. The van der Waals surface area contributed by atoms with E-state index in [1.54, 1.807) is 0 Å². The molecule has 2 atom stereocenters. The van der Waals surface area contributed by atoms with Gasteiger partial charge in [-0.15, -0.1) is 11.3 Å². The van der Waals surface area contributed by atoms with Gasteiger partial charge in [0.2, 0.25) is 5.91 Å². The van der Waals surface area contributed by atoms with Gasteiger partial charge in [0.05, 0.1) is 17.2 Å². The highest BCUT2D eigenvalue weighted by atomic mass is 32.2. The Balaban J connectivity index is 1.94. The maximum Gasteiger partial charge on any atom is 0.315 e. The van der Waals surface area contributed by atoms with Gasteiger partial charge in [-0.1, -0.05) is 13.8 Å². The highest BCUT2D eigenvalue weighted by Crippen LogP contribution is 2.16. The fourth-order valence-electron chi connectivity index (χ4n) is 2.60. The number of carbonyl (C=O) groups is 2. The van der Waals surface area contributed by atoms with Crippen LogP contribution in [0.25, 0.3) is 0 Å². The van der Waals surface area contributed by atoms with Gasteiger partial charge in [0.15, 0.2) is 15.0 Å². The number of nitrogens with zero attached hydrogens (tertiary/aromatic N) is 1. The Labute approximate surface area is 151 Å². The molecule has 0 aromatic carbocycles. The van der Waals surface area contributed by atoms with E-state index in [-0.39, 0.29) is 23.3 Å². The smallest absolute Gasteiger partial charge is 0.315 e. The van der Waals surface area contributed by atoms with Crippen molar-refractivity contribution in [1.82, 2.24) is 15.6 Å². The standard InChI is InChI=1S/C15H24N4O4S2/c1-9(2)6-12(13(20)19-15-16-10(3)7-24-15)18-14(21)17-11-4-5-25(22,23)8-11/h7,9,11-12H,4-6,8H2,1-3H3,(H,16,19,20)(H2,17,18,21)/t11-,12+/m1/s1. The minimum absolute atomic E-state index is 0.0557. The summed E-state index contributed by atoms with van der Waals surface area (Å²) < 4.78 is 22.9. The van der Waals surface area contributed by atoms with Crippen molar-refractivity contribution in [3.05, 3.63) is 11.1 Å². The molecule has 2 rings (SSSR count). The Kier molecular flexibility index (Phi) is 6.39. The van der Waals surface area contributed by atoms with E-state index >= 15 is 0 Å². The number of nitrogens with one attached hydrogen (secondary N) is 3. The number of carbonyl (C=O) groups excluding carboxylic acids is 2. The van der Waals surface area contributed by atoms with Gasteiger partial charge in [-0.2, -0.15) is 0 Å². The molecule has 0 bridgehead atoms. The molecule has 140 valence electrons. The average molecular weight is 389 g/mol. The van der Waals surface area contributed by atoms with Crippen molar-refractivity contribution >= 4 is 38.2 Å². The van der Waals surface area contributed by atoms with Crippen molar-refractivity contribution in [2.45, 2.75) is 45.7 Å². The molecule has 2 heterocycles. The summed E-state index contributed by atoms with van der Waals surface area (Å²) in [4.78, 5) is 28.8. The van der Waals surface area contributed by atoms with E-state index in [2.05, 4.69) is 20.9 Å². The molecule has 3 amide bonds. The van der Waals surface area contributed by atoms with Crippen LogP contribution >= 0.6 is 11.3 Å². The lowest BCUT2D eigenvalue weighted by atomic mass is 10.0. The molecule has 3 N–H and O–H groups in total.